The number of alkyl halides is 1. The minimum Gasteiger partial charge on any atom is -0.463 e. The van der Waals surface area contributed by atoms with Gasteiger partial charge >= 0.3 is 5.97 Å². The second-order valence-corrected chi connectivity index (χ2v) is 9.21. The van der Waals surface area contributed by atoms with Crippen LogP contribution in [0, 0.1) is 11.3 Å². The first-order valence-electron chi connectivity index (χ1n) is 8.67. The fourth-order valence-electron chi connectivity index (χ4n) is 2.90. The molecule has 1 N–H and O–H groups in total. The molecule has 3 atom stereocenters. The summed E-state index contributed by atoms with van der Waals surface area (Å²) in [7, 11) is 0. The number of carbonyl (C=O) groups excluding carboxylic acids is 1. The molecular weight excluding hydrogens is 368 g/mol. The van der Waals surface area contributed by atoms with E-state index < -0.39 is 0 Å². The second kappa shape index (κ2) is 9.00. The van der Waals surface area contributed by atoms with Crippen molar-refractivity contribution in [3.05, 3.63) is 35.9 Å². The number of hydrogen-bond acceptors (Lipinski definition) is 3. The minimum absolute atomic E-state index is 0.0413. The highest BCUT2D eigenvalue weighted by atomic mass is 79.9. The molecule has 0 aliphatic carbocycles. The summed E-state index contributed by atoms with van der Waals surface area (Å²) in [5.74, 6) is -0.198. The molecule has 136 valence electrons. The molecule has 4 heteroatoms. The Morgan fingerprint density at radius 1 is 1.25 bits per heavy atom. The van der Waals surface area contributed by atoms with Crippen molar-refractivity contribution in [3.8, 4) is 0 Å². The van der Waals surface area contributed by atoms with E-state index in [4.69, 9.17) is 9.84 Å². The molecule has 1 aromatic rings. The predicted octanol–water partition coefficient (Wildman–Crippen LogP) is 4.92. The maximum Gasteiger partial charge on any atom is 0.309 e. The van der Waals surface area contributed by atoms with Gasteiger partial charge in [-0.15, -0.1) is 0 Å². The Morgan fingerprint density at radius 3 is 2.33 bits per heavy atom. The summed E-state index contributed by atoms with van der Waals surface area (Å²) in [5, 5.41) is 8.85. The van der Waals surface area contributed by atoms with E-state index in [0.29, 0.717) is 0 Å². The number of carbonyl (C=O) groups is 1. The van der Waals surface area contributed by atoms with Gasteiger partial charge in [0.05, 0.1) is 12.5 Å². The van der Waals surface area contributed by atoms with Crippen LogP contribution in [0.2, 0.25) is 0 Å². The Hall–Kier alpha value is -0.870. The maximum absolute atomic E-state index is 12.2. The molecule has 1 aromatic carbocycles. The summed E-state index contributed by atoms with van der Waals surface area (Å²) in [4.78, 5) is 12.2. The first-order chi connectivity index (χ1) is 11.2. The Kier molecular flexibility index (Phi) is 7.94. The monoisotopic (exact) mass is 398 g/mol. The van der Waals surface area contributed by atoms with Crippen LogP contribution in [0.4, 0.5) is 0 Å². The first kappa shape index (κ1) is 21.2. The summed E-state index contributed by atoms with van der Waals surface area (Å²) >= 11 is 3.92. The predicted molar refractivity (Wildman–Crippen MR) is 102 cm³/mol. The van der Waals surface area contributed by atoms with E-state index in [1.54, 1.807) is 0 Å². The van der Waals surface area contributed by atoms with Crippen molar-refractivity contribution in [2.75, 3.05) is 13.2 Å². The van der Waals surface area contributed by atoms with Crippen LogP contribution in [0.3, 0.4) is 0 Å². The molecule has 0 amide bonds. The van der Waals surface area contributed by atoms with E-state index in [1.807, 2.05) is 13.0 Å². The molecule has 0 aliphatic heterocycles. The largest absolute Gasteiger partial charge is 0.463 e. The van der Waals surface area contributed by atoms with Gasteiger partial charge in [-0.3, -0.25) is 4.79 Å². The van der Waals surface area contributed by atoms with Gasteiger partial charge in [0.1, 0.15) is 6.61 Å². The van der Waals surface area contributed by atoms with Crippen LogP contribution in [0.25, 0.3) is 0 Å². The summed E-state index contributed by atoms with van der Waals surface area (Å²) < 4.78 is 5.10. The number of rotatable bonds is 9. The summed E-state index contributed by atoms with van der Waals surface area (Å²) in [6, 6.07) is 10.5. The lowest BCUT2D eigenvalue weighted by molar-refractivity contribution is -0.153. The van der Waals surface area contributed by atoms with Gasteiger partial charge in [-0.1, -0.05) is 74.0 Å². The molecule has 0 heterocycles. The lowest BCUT2D eigenvalue weighted by Crippen LogP contribution is -2.36. The lowest BCUT2D eigenvalue weighted by Gasteiger charge is -2.40. The summed E-state index contributed by atoms with van der Waals surface area (Å²) in [6.45, 7) is 10.5. The quantitative estimate of drug-likeness (QED) is 0.474. The first-order valence-corrected chi connectivity index (χ1v) is 9.46. The third-order valence-corrected chi connectivity index (χ3v) is 6.32. The van der Waals surface area contributed by atoms with Gasteiger partial charge < -0.3 is 9.84 Å². The lowest BCUT2D eigenvalue weighted by atomic mass is 9.68. The van der Waals surface area contributed by atoms with Crippen LogP contribution in [0.5, 0.6) is 0 Å². The van der Waals surface area contributed by atoms with Crippen LogP contribution in [-0.4, -0.2) is 28.6 Å². The summed E-state index contributed by atoms with van der Waals surface area (Å²) in [5.41, 5.74) is 1.06. The van der Waals surface area contributed by atoms with E-state index in [0.717, 1.165) is 12.8 Å². The maximum atomic E-state index is 12.2. The van der Waals surface area contributed by atoms with Crippen molar-refractivity contribution in [3.63, 3.8) is 0 Å². The fraction of sp³-hybridized carbons (Fsp3) is 0.650. The summed E-state index contributed by atoms with van der Waals surface area (Å²) in [6.07, 6.45) is 1.86. The molecule has 0 fully saturated rings. The molecule has 0 saturated heterocycles. The highest BCUT2D eigenvalue weighted by molar-refractivity contribution is 9.10. The van der Waals surface area contributed by atoms with E-state index in [9.17, 15) is 4.79 Å². The van der Waals surface area contributed by atoms with E-state index >= 15 is 0 Å². The normalized spacial score (nSPS) is 17.0. The Bertz CT molecular complexity index is 511. The Labute approximate surface area is 154 Å². The molecule has 0 saturated carbocycles. The van der Waals surface area contributed by atoms with Crippen LogP contribution >= 0.6 is 15.9 Å². The fourth-order valence-corrected chi connectivity index (χ4v) is 3.33. The molecule has 0 bridgehead atoms. The molecular formula is C20H31BrO3. The molecule has 3 unspecified atom stereocenters. The van der Waals surface area contributed by atoms with E-state index in [2.05, 4.69) is 67.9 Å². The molecule has 3 nitrogen and oxygen atoms in total. The highest BCUT2D eigenvalue weighted by Crippen LogP contribution is 2.47. The average molecular weight is 399 g/mol. The number of hydrogen-bond donors (Lipinski definition) is 1. The third-order valence-electron chi connectivity index (χ3n) is 5.21. The van der Waals surface area contributed by atoms with Gasteiger partial charge in [-0.2, -0.15) is 0 Å². The molecule has 0 radical (unpaired) electrons. The van der Waals surface area contributed by atoms with Gasteiger partial charge in [-0.05, 0) is 36.7 Å². The number of benzene rings is 1. The smallest absolute Gasteiger partial charge is 0.309 e. The van der Waals surface area contributed by atoms with Crippen molar-refractivity contribution in [2.45, 2.75) is 57.7 Å². The van der Waals surface area contributed by atoms with Crippen LogP contribution < -0.4 is 0 Å². The van der Waals surface area contributed by atoms with E-state index in [1.165, 1.54) is 5.56 Å². The van der Waals surface area contributed by atoms with Gasteiger partial charge in [0, 0.05) is 4.32 Å². The molecule has 1 rings (SSSR count). The van der Waals surface area contributed by atoms with Crippen LogP contribution in [0.1, 0.15) is 58.9 Å². The zero-order valence-electron chi connectivity index (χ0n) is 15.5. The van der Waals surface area contributed by atoms with Crippen LogP contribution in [-0.2, 0) is 9.53 Å². The van der Waals surface area contributed by atoms with Crippen molar-refractivity contribution in [1.29, 1.82) is 0 Å². The van der Waals surface area contributed by atoms with Crippen molar-refractivity contribution in [2.24, 2.45) is 11.3 Å². The Morgan fingerprint density at radius 2 is 1.83 bits per heavy atom. The van der Waals surface area contributed by atoms with Crippen molar-refractivity contribution >= 4 is 21.9 Å². The third kappa shape index (κ3) is 5.59. The molecule has 0 aromatic heterocycles. The standard InChI is InChI=1S/C20H31BrO3/c1-6-20(5,21)17(16-10-8-7-9-11-16)14-19(3,4)15(2)18(23)24-13-12-22/h7-11,15,17,22H,6,12-14H2,1-5H3. The van der Waals surface area contributed by atoms with Crippen LogP contribution in [0.15, 0.2) is 30.3 Å². The van der Waals surface area contributed by atoms with Gasteiger partial charge in [0.15, 0.2) is 0 Å². The molecule has 0 spiro atoms. The van der Waals surface area contributed by atoms with Gasteiger partial charge in [0.2, 0.25) is 0 Å². The van der Waals surface area contributed by atoms with Gasteiger partial charge in [-0.25, -0.2) is 0 Å². The SMILES string of the molecule is CCC(C)(Br)C(CC(C)(C)C(C)C(=O)OCCO)c1ccccc1. The Balaban J connectivity index is 3.02. The topological polar surface area (TPSA) is 46.5 Å². The zero-order valence-corrected chi connectivity index (χ0v) is 17.1. The minimum atomic E-state index is -0.242. The number of aliphatic hydroxyl groups is 1. The van der Waals surface area contributed by atoms with E-state index in [-0.39, 0.29) is 40.8 Å². The molecule has 24 heavy (non-hydrogen) atoms. The second-order valence-electron chi connectivity index (χ2n) is 7.40. The highest BCUT2D eigenvalue weighted by Gasteiger charge is 2.40. The number of esters is 1. The number of ether oxygens (including phenoxy) is 1. The molecule has 0 aliphatic rings. The number of aliphatic hydroxyl groups excluding tert-OH is 1. The van der Waals surface area contributed by atoms with Gasteiger partial charge in [0.25, 0.3) is 0 Å². The average Bonchev–Trinajstić information content (AvgIpc) is 2.57. The zero-order chi connectivity index (χ0) is 18.4. The number of halogens is 1. The van der Waals surface area contributed by atoms with Crippen molar-refractivity contribution in [1.82, 2.24) is 0 Å². The van der Waals surface area contributed by atoms with Crippen molar-refractivity contribution < 1.29 is 14.6 Å².